The average molecular weight is 291 g/mol. The van der Waals surface area contributed by atoms with Crippen molar-refractivity contribution in [3.63, 3.8) is 0 Å². The predicted molar refractivity (Wildman–Crippen MR) is 84.4 cm³/mol. The Hall–Kier alpha value is -1.46. The number of rotatable bonds is 6. The molecule has 0 radical (unpaired) electrons. The minimum Gasteiger partial charge on any atom is -0.316 e. The van der Waals surface area contributed by atoms with Gasteiger partial charge < -0.3 is 5.32 Å². The Morgan fingerprint density at radius 1 is 1.43 bits per heavy atom. The molecule has 0 amide bonds. The molecular formula is C16H25N3O2. The van der Waals surface area contributed by atoms with Gasteiger partial charge in [0.2, 0.25) is 0 Å². The van der Waals surface area contributed by atoms with Gasteiger partial charge in [-0.05, 0) is 51.9 Å². The van der Waals surface area contributed by atoms with Gasteiger partial charge in [0.15, 0.2) is 0 Å². The number of nitrogens with one attached hydrogen (secondary N) is 1. The molecule has 5 heteroatoms. The molecule has 0 aromatic heterocycles. The lowest BCUT2D eigenvalue weighted by molar-refractivity contribution is -0.386. The highest BCUT2D eigenvalue weighted by atomic mass is 16.6. The number of hydrogen-bond acceptors (Lipinski definition) is 4. The zero-order valence-corrected chi connectivity index (χ0v) is 12.9. The smallest absolute Gasteiger partial charge is 0.274 e. The molecular weight excluding hydrogens is 266 g/mol. The van der Waals surface area contributed by atoms with Crippen LogP contribution in [0.3, 0.4) is 0 Å². The third-order valence-corrected chi connectivity index (χ3v) is 4.29. The van der Waals surface area contributed by atoms with Gasteiger partial charge in [-0.25, -0.2) is 0 Å². The van der Waals surface area contributed by atoms with Crippen LogP contribution in [-0.2, 0) is 0 Å². The number of likely N-dealkylation sites (tertiary alicyclic amines) is 1. The van der Waals surface area contributed by atoms with E-state index >= 15 is 0 Å². The standard InChI is InChI=1S/C16H25N3O2/c1-3-10-17-12-13-7-6-11-18(2)16(13)14-8-4-5-9-15(14)19(20)21/h4-5,8-9,13,16-17H,3,6-7,10-12H2,1-2H3. The van der Waals surface area contributed by atoms with E-state index in [2.05, 4.69) is 24.2 Å². The fourth-order valence-corrected chi connectivity index (χ4v) is 3.33. The summed E-state index contributed by atoms with van der Waals surface area (Å²) in [5.41, 5.74) is 1.10. The first-order valence-corrected chi connectivity index (χ1v) is 7.79. The molecule has 1 N–H and O–H groups in total. The van der Waals surface area contributed by atoms with E-state index in [1.807, 2.05) is 12.1 Å². The van der Waals surface area contributed by atoms with Crippen molar-refractivity contribution in [3.8, 4) is 0 Å². The Kier molecular flexibility index (Phi) is 5.70. The van der Waals surface area contributed by atoms with E-state index in [1.165, 1.54) is 0 Å². The second-order valence-electron chi connectivity index (χ2n) is 5.85. The van der Waals surface area contributed by atoms with Gasteiger partial charge >= 0.3 is 0 Å². The normalized spacial score (nSPS) is 23.1. The summed E-state index contributed by atoms with van der Waals surface area (Å²) in [4.78, 5) is 13.3. The van der Waals surface area contributed by atoms with Crippen LogP contribution in [0.4, 0.5) is 5.69 Å². The summed E-state index contributed by atoms with van der Waals surface area (Å²) in [6.07, 6.45) is 3.39. The van der Waals surface area contributed by atoms with Crippen molar-refractivity contribution >= 4 is 5.69 Å². The number of nitrogens with zero attached hydrogens (tertiary/aromatic N) is 2. The topological polar surface area (TPSA) is 58.4 Å². The van der Waals surface area contributed by atoms with E-state index in [0.717, 1.165) is 44.5 Å². The number of para-hydroxylation sites is 1. The van der Waals surface area contributed by atoms with Crippen LogP contribution in [0.5, 0.6) is 0 Å². The highest BCUT2D eigenvalue weighted by molar-refractivity contribution is 5.42. The van der Waals surface area contributed by atoms with E-state index < -0.39 is 0 Å². The number of piperidine rings is 1. The SMILES string of the molecule is CCCNCC1CCCN(C)C1c1ccccc1[N+](=O)[O-]. The molecule has 1 aliphatic rings. The Balaban J connectivity index is 2.25. The van der Waals surface area contributed by atoms with Crippen LogP contribution in [0.25, 0.3) is 0 Å². The summed E-state index contributed by atoms with van der Waals surface area (Å²) in [5.74, 6) is 0.427. The Bertz CT molecular complexity index is 478. The number of benzene rings is 1. The molecule has 2 unspecified atom stereocenters. The van der Waals surface area contributed by atoms with Gasteiger partial charge in [-0.2, -0.15) is 0 Å². The molecule has 2 rings (SSSR count). The molecule has 1 fully saturated rings. The predicted octanol–water partition coefficient (Wildman–Crippen LogP) is 2.98. The van der Waals surface area contributed by atoms with Gasteiger partial charge in [-0.1, -0.05) is 25.1 Å². The van der Waals surface area contributed by atoms with Crippen LogP contribution in [0.1, 0.15) is 37.8 Å². The summed E-state index contributed by atoms with van der Waals surface area (Å²) in [5, 5.41) is 14.8. The number of nitro benzene ring substituents is 1. The highest BCUT2D eigenvalue weighted by Gasteiger charge is 2.34. The summed E-state index contributed by atoms with van der Waals surface area (Å²) >= 11 is 0. The molecule has 5 nitrogen and oxygen atoms in total. The van der Waals surface area contributed by atoms with Gasteiger partial charge in [0.05, 0.1) is 4.92 Å². The van der Waals surface area contributed by atoms with Crippen molar-refractivity contribution in [2.75, 3.05) is 26.7 Å². The summed E-state index contributed by atoms with van der Waals surface area (Å²) in [6, 6.07) is 7.31. The van der Waals surface area contributed by atoms with Crippen LogP contribution in [-0.4, -0.2) is 36.5 Å². The molecule has 1 saturated heterocycles. The molecule has 0 bridgehead atoms. The highest BCUT2D eigenvalue weighted by Crippen LogP contribution is 2.38. The molecule has 1 aliphatic heterocycles. The molecule has 1 heterocycles. The third-order valence-electron chi connectivity index (χ3n) is 4.29. The molecule has 21 heavy (non-hydrogen) atoms. The van der Waals surface area contributed by atoms with E-state index in [-0.39, 0.29) is 16.7 Å². The Morgan fingerprint density at radius 2 is 2.19 bits per heavy atom. The van der Waals surface area contributed by atoms with Crippen LogP contribution in [0, 0.1) is 16.0 Å². The largest absolute Gasteiger partial charge is 0.316 e. The van der Waals surface area contributed by atoms with Gasteiger partial charge in [-0.15, -0.1) is 0 Å². The number of nitro groups is 1. The zero-order chi connectivity index (χ0) is 15.2. The number of hydrogen-bond donors (Lipinski definition) is 1. The van der Waals surface area contributed by atoms with Gasteiger partial charge in [0.1, 0.15) is 0 Å². The Labute approximate surface area is 126 Å². The van der Waals surface area contributed by atoms with E-state index in [9.17, 15) is 10.1 Å². The van der Waals surface area contributed by atoms with Crippen LogP contribution in [0.2, 0.25) is 0 Å². The van der Waals surface area contributed by atoms with E-state index in [1.54, 1.807) is 12.1 Å². The van der Waals surface area contributed by atoms with E-state index in [0.29, 0.717) is 5.92 Å². The second kappa shape index (κ2) is 7.52. The average Bonchev–Trinajstić information content (AvgIpc) is 2.48. The van der Waals surface area contributed by atoms with Crippen LogP contribution < -0.4 is 5.32 Å². The maximum Gasteiger partial charge on any atom is 0.274 e. The molecule has 116 valence electrons. The monoisotopic (exact) mass is 291 g/mol. The van der Waals surface area contributed by atoms with Crippen molar-refractivity contribution in [1.29, 1.82) is 0 Å². The van der Waals surface area contributed by atoms with Crippen LogP contribution >= 0.6 is 0 Å². The molecule has 1 aromatic rings. The summed E-state index contributed by atoms with van der Waals surface area (Å²) in [6.45, 7) is 5.08. The zero-order valence-electron chi connectivity index (χ0n) is 12.9. The second-order valence-corrected chi connectivity index (χ2v) is 5.85. The van der Waals surface area contributed by atoms with Gasteiger partial charge in [-0.3, -0.25) is 15.0 Å². The summed E-state index contributed by atoms with van der Waals surface area (Å²) < 4.78 is 0. The maximum atomic E-state index is 11.3. The van der Waals surface area contributed by atoms with Crippen molar-refractivity contribution in [1.82, 2.24) is 10.2 Å². The van der Waals surface area contributed by atoms with Gasteiger partial charge in [0.25, 0.3) is 5.69 Å². The minimum atomic E-state index is -0.256. The molecule has 1 aromatic carbocycles. The van der Waals surface area contributed by atoms with E-state index in [4.69, 9.17) is 0 Å². The van der Waals surface area contributed by atoms with Crippen molar-refractivity contribution in [2.24, 2.45) is 5.92 Å². The fraction of sp³-hybridized carbons (Fsp3) is 0.625. The Morgan fingerprint density at radius 3 is 2.90 bits per heavy atom. The molecule has 0 aliphatic carbocycles. The molecule has 0 spiro atoms. The van der Waals surface area contributed by atoms with Crippen molar-refractivity contribution < 1.29 is 4.92 Å². The summed E-state index contributed by atoms with van der Waals surface area (Å²) in [7, 11) is 2.08. The fourth-order valence-electron chi connectivity index (χ4n) is 3.33. The first-order chi connectivity index (χ1) is 10.1. The van der Waals surface area contributed by atoms with Crippen molar-refractivity contribution in [3.05, 3.63) is 39.9 Å². The lowest BCUT2D eigenvalue weighted by Crippen LogP contribution is -2.40. The quantitative estimate of drug-likeness (QED) is 0.497. The third kappa shape index (κ3) is 3.80. The maximum absolute atomic E-state index is 11.3. The molecule has 0 saturated carbocycles. The lowest BCUT2D eigenvalue weighted by atomic mass is 9.84. The molecule has 2 atom stereocenters. The van der Waals surface area contributed by atoms with Crippen molar-refractivity contribution in [2.45, 2.75) is 32.2 Å². The first kappa shape index (κ1) is 15.9. The van der Waals surface area contributed by atoms with Crippen LogP contribution in [0.15, 0.2) is 24.3 Å². The first-order valence-electron chi connectivity index (χ1n) is 7.79. The minimum absolute atomic E-state index is 0.129. The lowest BCUT2D eigenvalue weighted by Gasteiger charge is -2.39. The van der Waals surface area contributed by atoms with Gasteiger partial charge in [0, 0.05) is 17.7 Å².